The van der Waals surface area contributed by atoms with Crippen LogP contribution in [0.15, 0.2) is 12.2 Å². The van der Waals surface area contributed by atoms with Crippen molar-refractivity contribution in [2.24, 2.45) is 0 Å². The van der Waals surface area contributed by atoms with Crippen LogP contribution in [0.2, 0.25) is 0 Å². The summed E-state index contributed by atoms with van der Waals surface area (Å²) in [4.78, 5) is 0. The fourth-order valence-corrected chi connectivity index (χ4v) is 2.47. The molecule has 1 atom stereocenters. The van der Waals surface area contributed by atoms with E-state index < -0.39 is 0 Å². The van der Waals surface area contributed by atoms with Gasteiger partial charge in [0, 0.05) is 0 Å². The molecule has 2 fully saturated rings. The van der Waals surface area contributed by atoms with Crippen molar-refractivity contribution >= 4 is 0 Å². The van der Waals surface area contributed by atoms with Crippen LogP contribution in [0.4, 0.5) is 0 Å². The molecule has 0 aliphatic heterocycles. The molecule has 0 radical (unpaired) electrons. The average molecular weight is 180 g/mol. The van der Waals surface area contributed by atoms with E-state index in [9.17, 15) is 0 Å². The third-order valence-corrected chi connectivity index (χ3v) is 3.33. The Bertz CT molecular complexity index is 180. The fraction of sp³-hybridized carbons (Fsp3) is 0.833. The summed E-state index contributed by atoms with van der Waals surface area (Å²) in [5, 5.41) is 0. The van der Waals surface area contributed by atoms with Gasteiger partial charge in [0.1, 0.15) is 0 Å². The molecule has 0 amide bonds. The Morgan fingerprint density at radius 3 is 2.38 bits per heavy atom. The van der Waals surface area contributed by atoms with E-state index in [2.05, 4.69) is 6.58 Å². The maximum Gasteiger partial charge on any atom is 0.0786 e. The van der Waals surface area contributed by atoms with Gasteiger partial charge in [0.25, 0.3) is 0 Å². The monoisotopic (exact) mass is 180 g/mol. The summed E-state index contributed by atoms with van der Waals surface area (Å²) in [7, 11) is 0. The minimum Gasteiger partial charge on any atom is -0.371 e. The molecular weight excluding hydrogens is 160 g/mol. The van der Waals surface area contributed by atoms with Crippen LogP contribution in [0.3, 0.4) is 0 Å². The van der Waals surface area contributed by atoms with Gasteiger partial charge in [-0.15, -0.1) is 0 Å². The van der Waals surface area contributed by atoms with E-state index in [1.54, 1.807) is 0 Å². The van der Waals surface area contributed by atoms with Crippen LogP contribution in [-0.4, -0.2) is 12.2 Å². The largest absolute Gasteiger partial charge is 0.371 e. The molecule has 0 N–H and O–H groups in total. The van der Waals surface area contributed by atoms with Crippen molar-refractivity contribution in [3.05, 3.63) is 12.2 Å². The van der Waals surface area contributed by atoms with Gasteiger partial charge in [0.15, 0.2) is 0 Å². The molecule has 0 aromatic carbocycles. The summed E-state index contributed by atoms with van der Waals surface area (Å²) in [5.41, 5.74) is 1.35. The van der Waals surface area contributed by atoms with E-state index in [1.807, 2.05) is 0 Å². The van der Waals surface area contributed by atoms with Crippen LogP contribution in [0, 0.1) is 0 Å². The fourth-order valence-electron chi connectivity index (χ4n) is 2.47. The first-order valence-electron chi connectivity index (χ1n) is 5.69. The van der Waals surface area contributed by atoms with Gasteiger partial charge >= 0.3 is 0 Å². The zero-order chi connectivity index (χ0) is 9.10. The first-order valence-corrected chi connectivity index (χ1v) is 5.69. The molecule has 13 heavy (non-hydrogen) atoms. The van der Waals surface area contributed by atoms with Gasteiger partial charge in [0.2, 0.25) is 0 Å². The highest BCUT2D eigenvalue weighted by molar-refractivity contribution is 5.05. The van der Waals surface area contributed by atoms with Crippen molar-refractivity contribution in [2.75, 3.05) is 0 Å². The van der Waals surface area contributed by atoms with Gasteiger partial charge < -0.3 is 4.74 Å². The lowest BCUT2D eigenvalue weighted by Gasteiger charge is -2.27. The number of ether oxygens (including phenoxy) is 1. The normalized spacial score (nSPS) is 31.1. The van der Waals surface area contributed by atoms with E-state index >= 15 is 0 Å². The summed E-state index contributed by atoms with van der Waals surface area (Å²) < 4.78 is 6.06. The van der Waals surface area contributed by atoms with Crippen molar-refractivity contribution in [1.29, 1.82) is 0 Å². The summed E-state index contributed by atoms with van der Waals surface area (Å²) in [6, 6.07) is 0. The second-order valence-corrected chi connectivity index (χ2v) is 4.44. The number of hydrogen-bond donors (Lipinski definition) is 0. The molecule has 0 saturated heterocycles. The molecular formula is C12H20O. The molecule has 74 valence electrons. The molecule has 1 nitrogen and oxygen atoms in total. The van der Waals surface area contributed by atoms with E-state index in [1.165, 1.54) is 56.9 Å². The van der Waals surface area contributed by atoms with Crippen molar-refractivity contribution in [2.45, 2.75) is 63.6 Å². The van der Waals surface area contributed by atoms with Crippen LogP contribution >= 0.6 is 0 Å². The first kappa shape index (κ1) is 9.26. The Labute approximate surface area is 81.2 Å². The average Bonchev–Trinajstić information content (AvgIpc) is 2.61. The highest BCUT2D eigenvalue weighted by atomic mass is 16.5. The maximum atomic E-state index is 6.06. The Kier molecular flexibility index (Phi) is 3.05. The Balaban J connectivity index is 1.81. The SMILES string of the molecule is C=C1CCCCC1OC1CCCC1. The van der Waals surface area contributed by atoms with E-state index in [-0.39, 0.29) is 0 Å². The highest BCUT2D eigenvalue weighted by Crippen LogP contribution is 2.29. The molecule has 2 rings (SSSR count). The van der Waals surface area contributed by atoms with Gasteiger partial charge in [-0.1, -0.05) is 25.8 Å². The zero-order valence-electron chi connectivity index (χ0n) is 8.43. The summed E-state index contributed by atoms with van der Waals surface area (Å²) in [5.74, 6) is 0. The van der Waals surface area contributed by atoms with Crippen molar-refractivity contribution in [3.63, 3.8) is 0 Å². The zero-order valence-corrected chi connectivity index (χ0v) is 8.43. The van der Waals surface area contributed by atoms with Gasteiger partial charge in [-0.3, -0.25) is 0 Å². The van der Waals surface area contributed by atoms with E-state index in [0.717, 1.165) is 0 Å². The van der Waals surface area contributed by atoms with Crippen LogP contribution in [0.5, 0.6) is 0 Å². The Morgan fingerprint density at radius 1 is 1.00 bits per heavy atom. The molecule has 0 aromatic heterocycles. The minimum atomic E-state index is 0.400. The molecule has 1 heteroatoms. The molecule has 0 bridgehead atoms. The molecule has 0 spiro atoms. The van der Waals surface area contributed by atoms with Crippen molar-refractivity contribution < 1.29 is 4.74 Å². The van der Waals surface area contributed by atoms with Crippen molar-refractivity contribution in [3.8, 4) is 0 Å². The predicted octanol–water partition coefficient (Wildman–Crippen LogP) is 3.44. The lowest BCUT2D eigenvalue weighted by Crippen LogP contribution is -2.24. The topological polar surface area (TPSA) is 9.23 Å². The Hall–Kier alpha value is -0.300. The second-order valence-electron chi connectivity index (χ2n) is 4.44. The van der Waals surface area contributed by atoms with Gasteiger partial charge in [-0.05, 0) is 37.7 Å². The lowest BCUT2D eigenvalue weighted by atomic mass is 9.93. The standard InChI is InChI=1S/C12H20O/c1-10-6-2-5-9-12(10)13-11-7-3-4-8-11/h11-12H,1-9H2. The van der Waals surface area contributed by atoms with E-state index in [0.29, 0.717) is 12.2 Å². The van der Waals surface area contributed by atoms with Gasteiger partial charge in [0.05, 0.1) is 12.2 Å². The number of hydrogen-bond acceptors (Lipinski definition) is 1. The molecule has 0 heterocycles. The lowest BCUT2D eigenvalue weighted by molar-refractivity contribution is 0.000141. The van der Waals surface area contributed by atoms with Crippen molar-refractivity contribution in [1.82, 2.24) is 0 Å². The molecule has 2 aliphatic rings. The first-order chi connectivity index (χ1) is 6.36. The van der Waals surface area contributed by atoms with Crippen LogP contribution in [-0.2, 0) is 4.74 Å². The second kappa shape index (κ2) is 4.28. The molecule has 0 aromatic rings. The predicted molar refractivity (Wildman–Crippen MR) is 54.7 cm³/mol. The van der Waals surface area contributed by atoms with Crippen LogP contribution in [0.25, 0.3) is 0 Å². The van der Waals surface area contributed by atoms with Crippen LogP contribution in [0.1, 0.15) is 51.4 Å². The van der Waals surface area contributed by atoms with E-state index in [4.69, 9.17) is 4.74 Å². The third-order valence-electron chi connectivity index (χ3n) is 3.33. The quantitative estimate of drug-likeness (QED) is 0.591. The third kappa shape index (κ3) is 2.34. The minimum absolute atomic E-state index is 0.400. The summed E-state index contributed by atoms with van der Waals surface area (Å²) in [6.45, 7) is 4.11. The van der Waals surface area contributed by atoms with Gasteiger partial charge in [-0.25, -0.2) is 0 Å². The maximum absolute atomic E-state index is 6.06. The smallest absolute Gasteiger partial charge is 0.0786 e. The molecule has 2 aliphatic carbocycles. The Morgan fingerprint density at radius 2 is 1.69 bits per heavy atom. The number of rotatable bonds is 2. The summed E-state index contributed by atoms with van der Waals surface area (Å²) >= 11 is 0. The summed E-state index contributed by atoms with van der Waals surface area (Å²) in [6.07, 6.45) is 11.3. The molecule has 1 unspecified atom stereocenters. The van der Waals surface area contributed by atoms with Crippen LogP contribution < -0.4 is 0 Å². The van der Waals surface area contributed by atoms with Gasteiger partial charge in [-0.2, -0.15) is 0 Å². The molecule has 2 saturated carbocycles. The highest BCUT2D eigenvalue weighted by Gasteiger charge is 2.23.